The number of amides is 1. The summed E-state index contributed by atoms with van der Waals surface area (Å²) in [7, 11) is 0. The highest BCUT2D eigenvalue weighted by Crippen LogP contribution is 2.13. The lowest BCUT2D eigenvalue weighted by atomic mass is 10.1. The molecule has 1 aromatic rings. The van der Waals surface area contributed by atoms with Gasteiger partial charge in [0.25, 0.3) is 0 Å². The Morgan fingerprint density at radius 1 is 1.23 bits per heavy atom. The maximum atomic E-state index is 11.8. The van der Waals surface area contributed by atoms with Crippen molar-refractivity contribution in [1.82, 2.24) is 10.6 Å². The molecule has 1 amide bonds. The summed E-state index contributed by atoms with van der Waals surface area (Å²) in [4.78, 5) is 11.8. The first-order chi connectivity index (χ1) is 10.3. The van der Waals surface area contributed by atoms with Crippen molar-refractivity contribution in [1.29, 1.82) is 0 Å². The fourth-order valence-corrected chi connectivity index (χ4v) is 2.30. The number of carbonyl (C=O) groups is 1. The Labute approximate surface area is 134 Å². The maximum Gasteiger partial charge on any atom is 0.407 e. The Hall–Kier alpha value is -1.55. The van der Waals surface area contributed by atoms with Gasteiger partial charge in [0.1, 0.15) is 5.60 Å². The summed E-state index contributed by atoms with van der Waals surface area (Å²) in [5.41, 5.74) is 0.788. The zero-order chi connectivity index (χ0) is 16.6. The van der Waals surface area contributed by atoms with Crippen LogP contribution in [0.3, 0.4) is 0 Å². The van der Waals surface area contributed by atoms with E-state index in [1.165, 1.54) is 5.56 Å². The number of benzene rings is 1. The van der Waals surface area contributed by atoms with Gasteiger partial charge in [0.2, 0.25) is 0 Å². The largest absolute Gasteiger partial charge is 0.444 e. The lowest BCUT2D eigenvalue weighted by Crippen LogP contribution is -2.43. The molecule has 4 nitrogen and oxygen atoms in total. The molecule has 1 aromatic carbocycles. The number of carbonyl (C=O) groups excluding carboxylic acids is 1. The molecule has 0 heterocycles. The van der Waals surface area contributed by atoms with Crippen LogP contribution >= 0.6 is 0 Å². The molecule has 0 aliphatic rings. The van der Waals surface area contributed by atoms with Crippen molar-refractivity contribution in [3.63, 3.8) is 0 Å². The van der Waals surface area contributed by atoms with Gasteiger partial charge in [-0.3, -0.25) is 0 Å². The van der Waals surface area contributed by atoms with Crippen molar-refractivity contribution in [3.05, 3.63) is 35.9 Å². The average Bonchev–Trinajstić information content (AvgIpc) is 2.44. The number of hydrogen-bond acceptors (Lipinski definition) is 3. The molecule has 22 heavy (non-hydrogen) atoms. The molecule has 2 N–H and O–H groups in total. The van der Waals surface area contributed by atoms with Gasteiger partial charge in [0, 0.05) is 18.6 Å². The Kier molecular flexibility index (Phi) is 7.39. The second-order valence-electron chi connectivity index (χ2n) is 6.67. The number of hydrogen-bond donors (Lipinski definition) is 2. The molecule has 0 bridgehead atoms. The van der Waals surface area contributed by atoms with Crippen molar-refractivity contribution in [2.45, 2.75) is 65.1 Å². The minimum atomic E-state index is -0.463. The average molecular weight is 306 g/mol. The Morgan fingerprint density at radius 2 is 1.86 bits per heavy atom. The monoisotopic (exact) mass is 306 g/mol. The van der Waals surface area contributed by atoms with E-state index in [1.807, 2.05) is 39.0 Å². The fourth-order valence-electron chi connectivity index (χ4n) is 2.30. The van der Waals surface area contributed by atoms with Crippen molar-refractivity contribution in [2.75, 3.05) is 6.54 Å². The topological polar surface area (TPSA) is 50.4 Å². The summed E-state index contributed by atoms with van der Waals surface area (Å²) in [6.45, 7) is 10.5. The highest BCUT2D eigenvalue weighted by atomic mass is 16.6. The van der Waals surface area contributed by atoms with E-state index < -0.39 is 5.60 Å². The Morgan fingerprint density at radius 3 is 2.41 bits per heavy atom. The first kappa shape index (κ1) is 18.5. The molecule has 1 rings (SSSR count). The van der Waals surface area contributed by atoms with Gasteiger partial charge in [-0.2, -0.15) is 0 Å². The Bertz CT molecular complexity index is 440. The van der Waals surface area contributed by atoms with Gasteiger partial charge in [-0.1, -0.05) is 43.7 Å². The van der Waals surface area contributed by atoms with Crippen molar-refractivity contribution >= 4 is 6.09 Å². The molecule has 0 saturated heterocycles. The fraction of sp³-hybridized carbons (Fsp3) is 0.611. The lowest BCUT2D eigenvalue weighted by molar-refractivity contribution is 0.0521. The van der Waals surface area contributed by atoms with E-state index in [0.717, 1.165) is 12.8 Å². The van der Waals surface area contributed by atoms with Crippen LogP contribution in [-0.2, 0) is 4.74 Å². The van der Waals surface area contributed by atoms with E-state index in [1.54, 1.807) is 0 Å². The van der Waals surface area contributed by atoms with Crippen LogP contribution in [0.1, 0.15) is 59.1 Å². The molecule has 0 aliphatic heterocycles. The molecule has 0 saturated carbocycles. The predicted octanol–water partition coefficient (Wildman–Crippen LogP) is 4.03. The van der Waals surface area contributed by atoms with Gasteiger partial charge in [0.15, 0.2) is 0 Å². The van der Waals surface area contributed by atoms with Crippen LogP contribution < -0.4 is 10.6 Å². The molecule has 0 radical (unpaired) electrons. The summed E-state index contributed by atoms with van der Waals surface area (Å²) in [6.07, 6.45) is 1.71. The zero-order valence-corrected chi connectivity index (χ0v) is 14.5. The molecular weight excluding hydrogens is 276 g/mol. The third-order valence-electron chi connectivity index (χ3n) is 3.31. The van der Waals surface area contributed by atoms with E-state index in [2.05, 4.69) is 36.6 Å². The van der Waals surface area contributed by atoms with Crippen LogP contribution in [0.4, 0.5) is 4.79 Å². The summed E-state index contributed by atoms with van der Waals surface area (Å²) in [6, 6.07) is 10.8. The van der Waals surface area contributed by atoms with Crippen molar-refractivity contribution in [3.8, 4) is 0 Å². The number of alkyl carbamates (subject to hydrolysis) is 1. The molecule has 2 atom stereocenters. The van der Waals surface area contributed by atoms with Crippen LogP contribution in [0.25, 0.3) is 0 Å². The van der Waals surface area contributed by atoms with E-state index >= 15 is 0 Å². The molecule has 0 fully saturated rings. The highest BCUT2D eigenvalue weighted by molar-refractivity contribution is 5.67. The van der Waals surface area contributed by atoms with Crippen molar-refractivity contribution in [2.24, 2.45) is 0 Å². The summed E-state index contributed by atoms with van der Waals surface area (Å²) >= 11 is 0. The molecule has 0 aromatic heterocycles. The molecule has 2 unspecified atom stereocenters. The third-order valence-corrected chi connectivity index (χ3v) is 3.31. The molecular formula is C18H30N2O2. The maximum absolute atomic E-state index is 11.8. The summed E-state index contributed by atoms with van der Waals surface area (Å²) in [5, 5.41) is 6.44. The third kappa shape index (κ3) is 7.46. The van der Waals surface area contributed by atoms with Crippen LogP contribution in [0.15, 0.2) is 30.3 Å². The van der Waals surface area contributed by atoms with Crippen LogP contribution in [0.2, 0.25) is 0 Å². The highest BCUT2D eigenvalue weighted by Gasteiger charge is 2.18. The standard InChI is InChI=1S/C18H30N2O2/c1-6-10-16(13-19-17(21)22-18(3,4)5)20-14(2)15-11-8-7-9-12-15/h7-9,11-12,14,16,20H,6,10,13H2,1-5H3,(H,19,21). The molecule has 124 valence electrons. The summed E-state index contributed by atoms with van der Waals surface area (Å²) < 4.78 is 5.28. The second kappa shape index (κ2) is 8.79. The van der Waals surface area contributed by atoms with E-state index in [9.17, 15) is 4.79 Å². The lowest BCUT2D eigenvalue weighted by Gasteiger charge is -2.25. The number of nitrogens with one attached hydrogen (secondary N) is 2. The van der Waals surface area contributed by atoms with Gasteiger partial charge >= 0.3 is 6.09 Å². The predicted molar refractivity (Wildman–Crippen MR) is 90.9 cm³/mol. The van der Waals surface area contributed by atoms with E-state index in [4.69, 9.17) is 4.74 Å². The number of rotatable bonds is 7. The quantitative estimate of drug-likeness (QED) is 0.799. The molecule has 0 spiro atoms. The number of ether oxygens (including phenoxy) is 1. The minimum absolute atomic E-state index is 0.229. The first-order valence-corrected chi connectivity index (χ1v) is 8.09. The van der Waals surface area contributed by atoms with Crippen molar-refractivity contribution < 1.29 is 9.53 Å². The second-order valence-corrected chi connectivity index (χ2v) is 6.67. The van der Waals surface area contributed by atoms with E-state index in [-0.39, 0.29) is 18.2 Å². The van der Waals surface area contributed by atoms with Gasteiger partial charge in [-0.15, -0.1) is 0 Å². The van der Waals surface area contributed by atoms with Gasteiger partial charge < -0.3 is 15.4 Å². The van der Waals surface area contributed by atoms with Crippen LogP contribution in [-0.4, -0.2) is 24.3 Å². The first-order valence-electron chi connectivity index (χ1n) is 8.09. The van der Waals surface area contributed by atoms with Gasteiger partial charge in [0.05, 0.1) is 0 Å². The van der Waals surface area contributed by atoms with Crippen LogP contribution in [0, 0.1) is 0 Å². The summed E-state index contributed by atoms with van der Waals surface area (Å²) in [5.74, 6) is 0. The van der Waals surface area contributed by atoms with Crippen LogP contribution in [0.5, 0.6) is 0 Å². The SMILES string of the molecule is CCCC(CNC(=O)OC(C)(C)C)NC(C)c1ccccc1. The zero-order valence-electron chi connectivity index (χ0n) is 14.5. The van der Waals surface area contributed by atoms with E-state index in [0.29, 0.717) is 6.54 Å². The molecule has 0 aliphatic carbocycles. The van der Waals surface area contributed by atoms with Gasteiger partial charge in [-0.05, 0) is 39.7 Å². The molecule has 4 heteroatoms. The smallest absolute Gasteiger partial charge is 0.407 e. The van der Waals surface area contributed by atoms with Gasteiger partial charge in [-0.25, -0.2) is 4.79 Å². The normalized spacial score (nSPS) is 14.2. The Balaban J connectivity index is 2.50. The minimum Gasteiger partial charge on any atom is -0.444 e.